The van der Waals surface area contributed by atoms with Crippen LogP contribution in [0.1, 0.15) is 0 Å². The predicted molar refractivity (Wildman–Crippen MR) is 103 cm³/mol. The van der Waals surface area contributed by atoms with Crippen LogP contribution < -0.4 is 10.1 Å². The van der Waals surface area contributed by atoms with Gasteiger partial charge in [0.15, 0.2) is 11.7 Å². The molecule has 0 spiro atoms. The number of hydrogen-bond acceptors (Lipinski definition) is 4. The van der Waals surface area contributed by atoms with Gasteiger partial charge in [-0.1, -0.05) is 65.1 Å². The van der Waals surface area contributed by atoms with E-state index in [1.54, 1.807) is 0 Å². The maximum absolute atomic E-state index is 12.0. The lowest BCUT2D eigenvalue weighted by atomic mass is 10.2. The molecule has 0 radical (unpaired) electrons. The molecule has 0 unspecified atom stereocenters. The van der Waals surface area contributed by atoms with E-state index in [9.17, 15) is 4.79 Å². The fraction of sp³-hybridized carbons (Fsp3) is 0.0588. The van der Waals surface area contributed by atoms with Crippen LogP contribution in [-0.2, 0) is 4.79 Å². The van der Waals surface area contributed by atoms with Crippen molar-refractivity contribution in [3.63, 3.8) is 0 Å². The standard InChI is InChI=1S/C17H11Cl3N2O2S/c18-11-6-13(20)15(7-12(11)19)24-8-16(23)22-17-21-14(9-25-17)10-4-2-1-3-5-10/h1-7,9H,8H2,(H,21,22,23). The molecule has 1 N–H and O–H groups in total. The van der Waals surface area contributed by atoms with E-state index in [2.05, 4.69) is 10.3 Å². The number of nitrogens with one attached hydrogen (secondary N) is 1. The average molecular weight is 414 g/mol. The van der Waals surface area contributed by atoms with Crippen LogP contribution in [0.2, 0.25) is 15.1 Å². The molecule has 1 amide bonds. The van der Waals surface area contributed by atoms with Crippen LogP contribution >= 0.6 is 46.1 Å². The third-order valence-corrected chi connectivity index (χ3v) is 4.93. The summed E-state index contributed by atoms with van der Waals surface area (Å²) in [5, 5.41) is 5.96. The van der Waals surface area contributed by atoms with Gasteiger partial charge in [0.25, 0.3) is 5.91 Å². The Kier molecular flexibility index (Phi) is 5.81. The molecule has 128 valence electrons. The molecule has 0 fully saturated rings. The molecule has 2 aromatic carbocycles. The summed E-state index contributed by atoms with van der Waals surface area (Å²) in [6, 6.07) is 12.6. The number of halogens is 3. The summed E-state index contributed by atoms with van der Waals surface area (Å²) in [5.41, 5.74) is 1.78. The van der Waals surface area contributed by atoms with Crippen LogP contribution in [0.25, 0.3) is 11.3 Å². The Bertz CT molecular complexity index is 900. The average Bonchev–Trinajstić information content (AvgIpc) is 3.06. The molecule has 0 aliphatic carbocycles. The lowest BCUT2D eigenvalue weighted by Gasteiger charge is -2.08. The Morgan fingerprint density at radius 3 is 2.56 bits per heavy atom. The normalized spacial score (nSPS) is 10.5. The molecule has 8 heteroatoms. The minimum absolute atomic E-state index is 0.224. The van der Waals surface area contributed by atoms with Crippen LogP contribution in [0.15, 0.2) is 47.8 Å². The summed E-state index contributed by atoms with van der Waals surface area (Å²) in [6.45, 7) is -0.224. The third kappa shape index (κ3) is 4.64. The molecule has 1 aromatic heterocycles. The summed E-state index contributed by atoms with van der Waals surface area (Å²) in [4.78, 5) is 16.4. The van der Waals surface area contributed by atoms with E-state index in [0.717, 1.165) is 11.3 Å². The fourth-order valence-electron chi connectivity index (χ4n) is 1.99. The molecular formula is C17H11Cl3N2O2S. The van der Waals surface area contributed by atoms with Gasteiger partial charge >= 0.3 is 0 Å². The molecule has 0 saturated heterocycles. The number of carbonyl (C=O) groups is 1. The van der Waals surface area contributed by atoms with E-state index in [4.69, 9.17) is 39.5 Å². The van der Waals surface area contributed by atoms with Gasteiger partial charge < -0.3 is 4.74 Å². The molecule has 0 aliphatic rings. The van der Waals surface area contributed by atoms with Crippen molar-refractivity contribution in [2.75, 3.05) is 11.9 Å². The van der Waals surface area contributed by atoms with Crippen molar-refractivity contribution in [1.29, 1.82) is 0 Å². The molecule has 4 nitrogen and oxygen atoms in total. The summed E-state index contributed by atoms with van der Waals surface area (Å²) in [6.07, 6.45) is 0. The Morgan fingerprint density at radius 1 is 1.08 bits per heavy atom. The van der Waals surface area contributed by atoms with Crippen LogP contribution in [-0.4, -0.2) is 17.5 Å². The number of nitrogens with zero attached hydrogens (tertiary/aromatic N) is 1. The van der Waals surface area contributed by atoms with Gasteiger partial charge in [0.05, 0.1) is 20.8 Å². The second-order valence-electron chi connectivity index (χ2n) is 4.94. The van der Waals surface area contributed by atoms with Crippen LogP contribution in [0, 0.1) is 0 Å². The highest BCUT2D eigenvalue weighted by Gasteiger charge is 2.11. The number of aromatic nitrogens is 1. The maximum atomic E-state index is 12.0. The van der Waals surface area contributed by atoms with E-state index in [1.807, 2.05) is 35.7 Å². The van der Waals surface area contributed by atoms with Gasteiger partial charge in [-0.05, 0) is 6.07 Å². The summed E-state index contributed by atoms with van der Waals surface area (Å²) in [7, 11) is 0. The number of benzene rings is 2. The fourth-order valence-corrected chi connectivity index (χ4v) is 3.31. The molecular weight excluding hydrogens is 403 g/mol. The van der Waals surface area contributed by atoms with Gasteiger partial charge in [0.2, 0.25) is 0 Å². The third-order valence-electron chi connectivity index (χ3n) is 3.15. The number of rotatable bonds is 5. The summed E-state index contributed by atoms with van der Waals surface area (Å²) < 4.78 is 5.39. The summed E-state index contributed by atoms with van der Waals surface area (Å²) in [5.74, 6) is -0.0635. The number of carbonyl (C=O) groups excluding carboxylic acids is 1. The maximum Gasteiger partial charge on any atom is 0.264 e. The first-order valence-electron chi connectivity index (χ1n) is 7.11. The van der Waals surface area contributed by atoms with Crippen LogP contribution in [0.3, 0.4) is 0 Å². The second kappa shape index (κ2) is 8.06. The topological polar surface area (TPSA) is 51.2 Å². The highest BCUT2D eigenvalue weighted by molar-refractivity contribution is 7.14. The van der Waals surface area contributed by atoms with Gasteiger partial charge in [-0.15, -0.1) is 11.3 Å². The zero-order valence-electron chi connectivity index (χ0n) is 12.6. The minimum Gasteiger partial charge on any atom is -0.482 e. The molecule has 0 saturated carbocycles. The number of thiazole rings is 1. The van der Waals surface area contributed by atoms with E-state index in [-0.39, 0.29) is 23.3 Å². The Labute approximate surface area is 163 Å². The molecule has 0 atom stereocenters. The zero-order chi connectivity index (χ0) is 17.8. The van der Waals surface area contributed by atoms with Gasteiger partial charge in [-0.25, -0.2) is 4.98 Å². The smallest absolute Gasteiger partial charge is 0.264 e. The number of amides is 1. The predicted octanol–water partition coefficient (Wildman–Crippen LogP) is 5.79. The number of anilines is 1. The van der Waals surface area contributed by atoms with E-state index in [1.165, 1.54) is 23.5 Å². The van der Waals surface area contributed by atoms with Gasteiger partial charge in [-0.2, -0.15) is 0 Å². The molecule has 0 aliphatic heterocycles. The van der Waals surface area contributed by atoms with Crippen molar-refractivity contribution in [2.24, 2.45) is 0 Å². The monoisotopic (exact) mass is 412 g/mol. The first-order valence-corrected chi connectivity index (χ1v) is 9.12. The Morgan fingerprint density at radius 2 is 1.80 bits per heavy atom. The van der Waals surface area contributed by atoms with Crippen molar-refractivity contribution in [2.45, 2.75) is 0 Å². The first kappa shape index (κ1) is 18.0. The molecule has 25 heavy (non-hydrogen) atoms. The second-order valence-corrected chi connectivity index (χ2v) is 7.02. The zero-order valence-corrected chi connectivity index (χ0v) is 15.7. The Hall–Kier alpha value is -1.79. The highest BCUT2D eigenvalue weighted by Crippen LogP contribution is 2.33. The van der Waals surface area contributed by atoms with Crippen molar-refractivity contribution >= 4 is 57.2 Å². The van der Waals surface area contributed by atoms with Crippen LogP contribution in [0.5, 0.6) is 5.75 Å². The van der Waals surface area contributed by atoms with E-state index in [0.29, 0.717) is 15.2 Å². The first-order chi connectivity index (χ1) is 12.0. The SMILES string of the molecule is O=C(COc1cc(Cl)c(Cl)cc1Cl)Nc1nc(-c2ccccc2)cs1. The van der Waals surface area contributed by atoms with Gasteiger partial charge in [0.1, 0.15) is 5.75 Å². The number of ether oxygens (including phenoxy) is 1. The molecule has 3 rings (SSSR count). The lowest BCUT2D eigenvalue weighted by Crippen LogP contribution is -2.20. The number of hydrogen-bond donors (Lipinski definition) is 1. The van der Waals surface area contributed by atoms with Crippen LogP contribution in [0.4, 0.5) is 5.13 Å². The summed E-state index contributed by atoms with van der Waals surface area (Å²) >= 11 is 19.1. The minimum atomic E-state index is -0.351. The lowest BCUT2D eigenvalue weighted by molar-refractivity contribution is -0.118. The van der Waals surface area contributed by atoms with E-state index < -0.39 is 0 Å². The highest BCUT2D eigenvalue weighted by atomic mass is 35.5. The van der Waals surface area contributed by atoms with Crippen molar-refractivity contribution in [3.05, 3.63) is 62.9 Å². The quantitative estimate of drug-likeness (QED) is 0.539. The van der Waals surface area contributed by atoms with Crippen molar-refractivity contribution in [1.82, 2.24) is 4.98 Å². The van der Waals surface area contributed by atoms with Gasteiger partial charge in [0, 0.05) is 17.0 Å². The molecule has 3 aromatic rings. The molecule has 0 bridgehead atoms. The molecule has 1 heterocycles. The Balaban J connectivity index is 1.60. The van der Waals surface area contributed by atoms with Gasteiger partial charge in [-0.3, -0.25) is 10.1 Å². The van der Waals surface area contributed by atoms with Crippen molar-refractivity contribution < 1.29 is 9.53 Å². The largest absolute Gasteiger partial charge is 0.482 e. The van der Waals surface area contributed by atoms with Crippen molar-refractivity contribution in [3.8, 4) is 17.0 Å². The van der Waals surface area contributed by atoms with E-state index >= 15 is 0 Å².